The molecule has 104 valence electrons. The molecule has 0 aliphatic heterocycles. The van der Waals surface area contributed by atoms with E-state index in [1.54, 1.807) is 10.9 Å². The molecule has 1 unspecified atom stereocenters. The quantitative estimate of drug-likeness (QED) is 0.797. The van der Waals surface area contributed by atoms with Gasteiger partial charge in [0.05, 0.1) is 6.33 Å². The smallest absolute Gasteiger partial charge is 0.326 e. The van der Waals surface area contributed by atoms with E-state index >= 15 is 0 Å². The molecule has 0 aromatic carbocycles. The van der Waals surface area contributed by atoms with E-state index in [1.165, 1.54) is 4.57 Å². The molecule has 2 aromatic rings. The van der Waals surface area contributed by atoms with Crippen LogP contribution < -0.4 is 17.0 Å². The van der Waals surface area contributed by atoms with Gasteiger partial charge in [-0.1, -0.05) is 13.8 Å². The van der Waals surface area contributed by atoms with Gasteiger partial charge in [-0.05, 0) is 12.8 Å². The highest BCUT2D eigenvalue weighted by Gasteiger charge is 2.14. The number of nitrogens with zero attached hydrogens (tertiary/aromatic N) is 3. The first-order valence-electron chi connectivity index (χ1n) is 6.52. The number of imidazole rings is 1. The van der Waals surface area contributed by atoms with Crippen LogP contribution in [0.4, 0.5) is 0 Å². The monoisotopic (exact) mass is 265 g/mol. The van der Waals surface area contributed by atoms with Gasteiger partial charge in [-0.15, -0.1) is 0 Å². The Morgan fingerprint density at radius 3 is 2.79 bits per heavy atom. The van der Waals surface area contributed by atoms with Crippen LogP contribution in [0.15, 0.2) is 15.9 Å². The van der Waals surface area contributed by atoms with Crippen molar-refractivity contribution < 1.29 is 0 Å². The molecule has 0 fully saturated rings. The molecule has 2 heterocycles. The molecule has 0 bridgehead atoms. The van der Waals surface area contributed by atoms with Gasteiger partial charge in [-0.3, -0.25) is 14.3 Å². The molecule has 7 nitrogen and oxygen atoms in total. The first-order valence-corrected chi connectivity index (χ1v) is 6.52. The van der Waals surface area contributed by atoms with Crippen LogP contribution in [0.3, 0.4) is 0 Å². The number of nitrogens with two attached hydrogens (primary N) is 1. The van der Waals surface area contributed by atoms with Crippen LogP contribution in [0.1, 0.15) is 26.7 Å². The van der Waals surface area contributed by atoms with Crippen molar-refractivity contribution in [3.8, 4) is 0 Å². The SMILES string of the molecule is CCCn1c(=O)[nH]c(=O)c2c1ncn2CC(N)CC. The summed E-state index contributed by atoms with van der Waals surface area (Å²) in [4.78, 5) is 30.2. The van der Waals surface area contributed by atoms with E-state index in [4.69, 9.17) is 5.73 Å². The fourth-order valence-electron chi connectivity index (χ4n) is 2.07. The summed E-state index contributed by atoms with van der Waals surface area (Å²) in [5, 5.41) is 0. The van der Waals surface area contributed by atoms with Crippen molar-refractivity contribution in [2.45, 2.75) is 45.8 Å². The first kappa shape index (κ1) is 13.5. The van der Waals surface area contributed by atoms with Gasteiger partial charge in [0.1, 0.15) is 0 Å². The zero-order valence-corrected chi connectivity index (χ0v) is 11.2. The summed E-state index contributed by atoms with van der Waals surface area (Å²) in [6.45, 7) is 5.00. The Hall–Kier alpha value is -1.89. The van der Waals surface area contributed by atoms with Crippen LogP contribution in [0, 0.1) is 0 Å². The van der Waals surface area contributed by atoms with E-state index in [-0.39, 0.29) is 6.04 Å². The average molecular weight is 265 g/mol. The van der Waals surface area contributed by atoms with E-state index in [0.717, 1.165) is 12.8 Å². The molecular formula is C12H19N5O2. The second kappa shape index (κ2) is 5.40. The minimum atomic E-state index is -0.413. The Kier molecular flexibility index (Phi) is 3.84. The number of rotatable bonds is 5. The second-order valence-corrected chi connectivity index (χ2v) is 4.65. The predicted molar refractivity (Wildman–Crippen MR) is 73.2 cm³/mol. The molecule has 0 radical (unpaired) electrons. The van der Waals surface area contributed by atoms with Gasteiger partial charge < -0.3 is 10.3 Å². The summed E-state index contributed by atoms with van der Waals surface area (Å²) in [7, 11) is 0. The number of hydrogen-bond donors (Lipinski definition) is 2. The van der Waals surface area contributed by atoms with Crippen LogP contribution in [-0.4, -0.2) is 25.1 Å². The highest BCUT2D eigenvalue weighted by atomic mass is 16.2. The zero-order chi connectivity index (χ0) is 14.0. The minimum Gasteiger partial charge on any atom is -0.326 e. The lowest BCUT2D eigenvalue weighted by Gasteiger charge is -2.10. The van der Waals surface area contributed by atoms with Crippen molar-refractivity contribution in [3.63, 3.8) is 0 Å². The van der Waals surface area contributed by atoms with E-state index < -0.39 is 11.2 Å². The topological polar surface area (TPSA) is 98.7 Å². The zero-order valence-electron chi connectivity index (χ0n) is 11.2. The molecular weight excluding hydrogens is 246 g/mol. The van der Waals surface area contributed by atoms with Crippen molar-refractivity contribution in [2.24, 2.45) is 5.73 Å². The lowest BCUT2D eigenvalue weighted by Crippen LogP contribution is -2.32. The molecule has 0 saturated heterocycles. The summed E-state index contributed by atoms with van der Waals surface area (Å²) < 4.78 is 3.21. The van der Waals surface area contributed by atoms with Crippen LogP contribution in [0.25, 0.3) is 11.2 Å². The Morgan fingerprint density at radius 2 is 2.16 bits per heavy atom. The van der Waals surface area contributed by atoms with Crippen molar-refractivity contribution in [1.29, 1.82) is 0 Å². The van der Waals surface area contributed by atoms with Gasteiger partial charge in [0, 0.05) is 19.1 Å². The maximum atomic E-state index is 11.9. The van der Waals surface area contributed by atoms with E-state index in [9.17, 15) is 9.59 Å². The molecule has 7 heteroatoms. The lowest BCUT2D eigenvalue weighted by atomic mass is 10.2. The molecule has 0 amide bonds. The van der Waals surface area contributed by atoms with Crippen LogP contribution in [-0.2, 0) is 13.1 Å². The van der Waals surface area contributed by atoms with Crippen molar-refractivity contribution >= 4 is 11.2 Å². The predicted octanol–water partition coefficient (Wildman–Crippen LogP) is 0.0336. The van der Waals surface area contributed by atoms with Gasteiger partial charge >= 0.3 is 5.69 Å². The van der Waals surface area contributed by atoms with Gasteiger partial charge in [-0.25, -0.2) is 9.78 Å². The van der Waals surface area contributed by atoms with E-state index in [1.807, 2.05) is 13.8 Å². The number of fused-ring (bicyclic) bond motifs is 1. The normalized spacial score (nSPS) is 13.0. The summed E-state index contributed by atoms with van der Waals surface area (Å²) in [6, 6.07) is -0.0386. The molecule has 19 heavy (non-hydrogen) atoms. The third kappa shape index (κ3) is 2.46. The van der Waals surface area contributed by atoms with Gasteiger partial charge in [0.25, 0.3) is 5.56 Å². The van der Waals surface area contributed by atoms with Gasteiger partial charge in [-0.2, -0.15) is 0 Å². The van der Waals surface area contributed by atoms with Crippen molar-refractivity contribution in [2.75, 3.05) is 0 Å². The highest BCUT2D eigenvalue weighted by molar-refractivity contribution is 5.69. The van der Waals surface area contributed by atoms with Crippen LogP contribution in [0.2, 0.25) is 0 Å². The highest BCUT2D eigenvalue weighted by Crippen LogP contribution is 2.07. The lowest BCUT2D eigenvalue weighted by molar-refractivity contribution is 0.546. The van der Waals surface area contributed by atoms with Crippen LogP contribution in [0.5, 0.6) is 0 Å². The summed E-state index contributed by atoms with van der Waals surface area (Å²) in [5.74, 6) is 0. The Labute approximate surface area is 110 Å². The molecule has 2 rings (SSSR count). The second-order valence-electron chi connectivity index (χ2n) is 4.65. The number of aromatic amines is 1. The Bertz CT molecular complexity index is 681. The van der Waals surface area contributed by atoms with Gasteiger partial charge in [0.15, 0.2) is 11.2 Å². The molecule has 1 atom stereocenters. The Balaban J connectivity index is 2.62. The Morgan fingerprint density at radius 1 is 1.42 bits per heavy atom. The summed E-state index contributed by atoms with van der Waals surface area (Å²) >= 11 is 0. The number of nitrogens with one attached hydrogen (secondary N) is 1. The first-order chi connectivity index (χ1) is 9.08. The summed E-state index contributed by atoms with van der Waals surface area (Å²) in [5.41, 5.74) is 5.92. The van der Waals surface area contributed by atoms with Crippen molar-refractivity contribution in [3.05, 3.63) is 27.2 Å². The van der Waals surface area contributed by atoms with Crippen LogP contribution >= 0.6 is 0 Å². The number of H-pyrrole nitrogens is 1. The standard InChI is InChI=1S/C12H19N5O2/c1-3-5-17-10-9(11(18)15-12(17)19)16(7-14-10)6-8(13)4-2/h7-8H,3-6,13H2,1-2H3,(H,15,18,19). The fourth-order valence-corrected chi connectivity index (χ4v) is 2.07. The van der Waals surface area contributed by atoms with Gasteiger partial charge in [0.2, 0.25) is 0 Å². The number of aryl methyl sites for hydroxylation is 1. The maximum absolute atomic E-state index is 11.9. The molecule has 3 N–H and O–H groups in total. The average Bonchev–Trinajstić information content (AvgIpc) is 2.78. The van der Waals surface area contributed by atoms with E-state index in [0.29, 0.717) is 24.3 Å². The molecule has 2 aromatic heterocycles. The molecule has 0 saturated carbocycles. The molecule has 0 aliphatic carbocycles. The minimum absolute atomic E-state index is 0.0386. The van der Waals surface area contributed by atoms with E-state index in [2.05, 4.69) is 9.97 Å². The van der Waals surface area contributed by atoms with Crippen molar-refractivity contribution in [1.82, 2.24) is 19.1 Å². The third-order valence-electron chi connectivity index (χ3n) is 3.16. The molecule has 0 aliphatic rings. The number of aromatic nitrogens is 4. The maximum Gasteiger partial charge on any atom is 0.330 e. The fraction of sp³-hybridized carbons (Fsp3) is 0.583. The summed E-state index contributed by atoms with van der Waals surface area (Å²) in [6.07, 6.45) is 3.18. The largest absolute Gasteiger partial charge is 0.330 e. The third-order valence-corrected chi connectivity index (χ3v) is 3.16. The number of hydrogen-bond acceptors (Lipinski definition) is 4. The molecule has 0 spiro atoms.